The number of ether oxygens (including phenoxy) is 1. The summed E-state index contributed by atoms with van der Waals surface area (Å²) in [5.41, 5.74) is 0. The molecule has 0 bridgehead atoms. The monoisotopic (exact) mass is 240 g/mol. The Morgan fingerprint density at radius 1 is 1.29 bits per heavy atom. The first-order valence-electron chi connectivity index (χ1n) is 7.45. The number of nitrogens with one attached hydrogen (secondary N) is 1. The van der Waals surface area contributed by atoms with Crippen LogP contribution in [0.4, 0.5) is 0 Å². The molecule has 3 heteroatoms. The zero-order valence-electron chi connectivity index (χ0n) is 11.3. The minimum atomic E-state index is 0.662. The molecule has 2 rings (SSSR count). The molecule has 3 nitrogen and oxygen atoms in total. The third-order valence-electron chi connectivity index (χ3n) is 4.23. The molecule has 2 fully saturated rings. The molecule has 0 aromatic carbocycles. The number of rotatable bonds is 6. The van der Waals surface area contributed by atoms with Crippen LogP contribution in [-0.4, -0.2) is 49.8 Å². The molecule has 1 unspecified atom stereocenters. The lowest BCUT2D eigenvalue weighted by Gasteiger charge is -2.35. The molecule has 2 aliphatic rings. The second kappa shape index (κ2) is 7.34. The summed E-state index contributed by atoms with van der Waals surface area (Å²) in [6.45, 7) is 7.68. The topological polar surface area (TPSA) is 24.5 Å². The second-order valence-corrected chi connectivity index (χ2v) is 5.46. The summed E-state index contributed by atoms with van der Waals surface area (Å²) in [6, 6.07) is 1.48. The summed E-state index contributed by atoms with van der Waals surface area (Å²) >= 11 is 0. The molecule has 0 radical (unpaired) electrons. The van der Waals surface area contributed by atoms with Gasteiger partial charge in [-0.25, -0.2) is 0 Å². The van der Waals surface area contributed by atoms with Crippen molar-refractivity contribution < 1.29 is 4.74 Å². The van der Waals surface area contributed by atoms with E-state index in [0.29, 0.717) is 6.04 Å². The van der Waals surface area contributed by atoms with Gasteiger partial charge in [0, 0.05) is 18.6 Å². The molecular weight excluding hydrogens is 212 g/mol. The molecule has 0 aromatic heterocycles. The van der Waals surface area contributed by atoms with Gasteiger partial charge in [0.05, 0.1) is 13.2 Å². The highest BCUT2D eigenvalue weighted by molar-refractivity contribution is 4.76. The van der Waals surface area contributed by atoms with E-state index >= 15 is 0 Å². The Hall–Kier alpha value is -0.120. The highest BCUT2D eigenvalue weighted by Gasteiger charge is 2.20. The van der Waals surface area contributed by atoms with Gasteiger partial charge < -0.3 is 10.1 Å². The van der Waals surface area contributed by atoms with Gasteiger partial charge in [-0.2, -0.15) is 0 Å². The van der Waals surface area contributed by atoms with Crippen molar-refractivity contribution in [2.45, 2.75) is 57.5 Å². The number of hydrogen-bond acceptors (Lipinski definition) is 3. The van der Waals surface area contributed by atoms with Crippen molar-refractivity contribution in [1.82, 2.24) is 10.2 Å². The minimum absolute atomic E-state index is 0.662. The predicted octanol–water partition coefficient (Wildman–Crippen LogP) is 2.02. The lowest BCUT2D eigenvalue weighted by atomic mass is 10.1. The van der Waals surface area contributed by atoms with Crippen molar-refractivity contribution in [2.24, 2.45) is 0 Å². The van der Waals surface area contributed by atoms with E-state index in [-0.39, 0.29) is 0 Å². The summed E-state index contributed by atoms with van der Waals surface area (Å²) < 4.78 is 5.53. The second-order valence-electron chi connectivity index (χ2n) is 5.46. The van der Waals surface area contributed by atoms with Gasteiger partial charge in [-0.1, -0.05) is 19.8 Å². The van der Waals surface area contributed by atoms with Crippen molar-refractivity contribution >= 4 is 0 Å². The van der Waals surface area contributed by atoms with Crippen molar-refractivity contribution in [1.29, 1.82) is 0 Å². The van der Waals surface area contributed by atoms with Gasteiger partial charge in [-0.15, -0.1) is 0 Å². The summed E-state index contributed by atoms with van der Waals surface area (Å²) in [6.07, 6.45) is 8.16. The number of morpholine rings is 1. The Kier molecular flexibility index (Phi) is 5.75. The molecule has 17 heavy (non-hydrogen) atoms. The van der Waals surface area contributed by atoms with Crippen LogP contribution in [0.3, 0.4) is 0 Å². The summed E-state index contributed by atoms with van der Waals surface area (Å²) in [4.78, 5) is 2.61. The third-order valence-corrected chi connectivity index (χ3v) is 4.23. The molecule has 1 atom stereocenters. The standard InChI is InChI=1S/C14H28N2O/c1-2-14-12-17-11-10-16(14)9-5-8-15-13-6-3-4-7-13/h13-15H,2-12H2,1H3. The fraction of sp³-hybridized carbons (Fsp3) is 1.00. The van der Waals surface area contributed by atoms with Crippen molar-refractivity contribution in [2.75, 3.05) is 32.8 Å². The maximum absolute atomic E-state index is 5.53. The van der Waals surface area contributed by atoms with Gasteiger partial charge in [0.1, 0.15) is 0 Å². The quantitative estimate of drug-likeness (QED) is 0.719. The zero-order valence-corrected chi connectivity index (χ0v) is 11.3. The lowest BCUT2D eigenvalue weighted by molar-refractivity contribution is -0.00891. The van der Waals surface area contributed by atoms with Crippen LogP contribution in [0.25, 0.3) is 0 Å². The van der Waals surface area contributed by atoms with Gasteiger partial charge in [0.15, 0.2) is 0 Å². The summed E-state index contributed by atoms with van der Waals surface area (Å²) in [5, 5.41) is 3.70. The molecule has 100 valence electrons. The molecule has 0 spiro atoms. The van der Waals surface area contributed by atoms with Crippen LogP contribution in [0, 0.1) is 0 Å². The van der Waals surface area contributed by atoms with Crippen LogP contribution in [0.5, 0.6) is 0 Å². The molecule has 1 aliphatic heterocycles. The Bertz CT molecular complexity index is 204. The highest BCUT2D eigenvalue weighted by atomic mass is 16.5. The largest absolute Gasteiger partial charge is 0.378 e. The fourth-order valence-corrected chi connectivity index (χ4v) is 3.08. The third kappa shape index (κ3) is 4.23. The fourth-order valence-electron chi connectivity index (χ4n) is 3.08. The molecule has 1 saturated heterocycles. The van der Waals surface area contributed by atoms with Crippen LogP contribution < -0.4 is 5.32 Å². The smallest absolute Gasteiger partial charge is 0.0622 e. The molecule has 0 amide bonds. The van der Waals surface area contributed by atoms with E-state index in [4.69, 9.17) is 4.74 Å². The van der Waals surface area contributed by atoms with E-state index in [2.05, 4.69) is 17.1 Å². The Morgan fingerprint density at radius 2 is 2.12 bits per heavy atom. The van der Waals surface area contributed by atoms with E-state index in [0.717, 1.165) is 25.8 Å². The first kappa shape index (κ1) is 13.3. The molecule has 1 heterocycles. The molecule has 0 aromatic rings. The van der Waals surface area contributed by atoms with Crippen LogP contribution in [-0.2, 0) is 4.74 Å². The van der Waals surface area contributed by atoms with Gasteiger partial charge in [0.2, 0.25) is 0 Å². The number of hydrogen-bond donors (Lipinski definition) is 1. The lowest BCUT2D eigenvalue weighted by Crippen LogP contribution is -2.46. The molecular formula is C14H28N2O. The van der Waals surface area contributed by atoms with E-state index in [1.54, 1.807) is 0 Å². The Morgan fingerprint density at radius 3 is 2.88 bits per heavy atom. The van der Waals surface area contributed by atoms with E-state index in [1.807, 2.05) is 0 Å². The van der Waals surface area contributed by atoms with Gasteiger partial charge >= 0.3 is 0 Å². The highest BCUT2D eigenvalue weighted by Crippen LogP contribution is 2.17. The van der Waals surface area contributed by atoms with Gasteiger partial charge in [-0.3, -0.25) is 4.90 Å². The minimum Gasteiger partial charge on any atom is -0.378 e. The Balaban J connectivity index is 1.56. The molecule has 1 saturated carbocycles. The van der Waals surface area contributed by atoms with Gasteiger partial charge in [-0.05, 0) is 38.8 Å². The predicted molar refractivity (Wildman–Crippen MR) is 71.3 cm³/mol. The molecule has 1 N–H and O–H groups in total. The van der Waals surface area contributed by atoms with Gasteiger partial charge in [0.25, 0.3) is 0 Å². The number of nitrogens with zero attached hydrogens (tertiary/aromatic N) is 1. The zero-order chi connectivity index (χ0) is 11.9. The average Bonchev–Trinajstić information content (AvgIpc) is 2.88. The van der Waals surface area contributed by atoms with Crippen molar-refractivity contribution in [3.05, 3.63) is 0 Å². The van der Waals surface area contributed by atoms with Crippen LogP contribution >= 0.6 is 0 Å². The normalized spacial score (nSPS) is 27.7. The van der Waals surface area contributed by atoms with Crippen LogP contribution in [0.2, 0.25) is 0 Å². The Labute approximate surface area is 106 Å². The van der Waals surface area contributed by atoms with Crippen LogP contribution in [0.15, 0.2) is 0 Å². The van der Waals surface area contributed by atoms with E-state index < -0.39 is 0 Å². The van der Waals surface area contributed by atoms with E-state index in [1.165, 1.54) is 51.6 Å². The van der Waals surface area contributed by atoms with Crippen molar-refractivity contribution in [3.63, 3.8) is 0 Å². The first-order valence-corrected chi connectivity index (χ1v) is 7.45. The van der Waals surface area contributed by atoms with Crippen molar-refractivity contribution in [3.8, 4) is 0 Å². The van der Waals surface area contributed by atoms with Crippen LogP contribution in [0.1, 0.15) is 45.4 Å². The average molecular weight is 240 g/mol. The summed E-state index contributed by atoms with van der Waals surface area (Å²) in [5.74, 6) is 0. The molecule has 1 aliphatic carbocycles. The first-order chi connectivity index (χ1) is 8.40. The summed E-state index contributed by atoms with van der Waals surface area (Å²) in [7, 11) is 0. The maximum atomic E-state index is 5.53. The maximum Gasteiger partial charge on any atom is 0.0622 e. The SMILES string of the molecule is CCC1COCCN1CCCNC1CCCC1. The van der Waals surface area contributed by atoms with E-state index in [9.17, 15) is 0 Å².